The molecule has 0 bridgehead atoms. The molecule has 1 atom stereocenters. The summed E-state index contributed by atoms with van der Waals surface area (Å²) in [7, 11) is 0. The second-order valence-corrected chi connectivity index (χ2v) is 6.04. The number of hydrogen-bond donors (Lipinski definition) is 2. The van der Waals surface area contributed by atoms with Crippen molar-refractivity contribution in [3.63, 3.8) is 0 Å². The molecule has 7 heteroatoms. The number of nitrogens with one attached hydrogen (secondary N) is 1. The monoisotopic (exact) mass is 386 g/mol. The van der Waals surface area contributed by atoms with Gasteiger partial charge in [0.2, 0.25) is 0 Å². The van der Waals surface area contributed by atoms with E-state index >= 15 is 0 Å². The number of amides is 1. The van der Waals surface area contributed by atoms with Crippen LogP contribution < -0.4 is 5.32 Å². The van der Waals surface area contributed by atoms with E-state index in [0.29, 0.717) is 5.69 Å². The van der Waals surface area contributed by atoms with Crippen molar-refractivity contribution in [1.29, 1.82) is 0 Å². The van der Waals surface area contributed by atoms with Crippen LogP contribution in [0.1, 0.15) is 22.2 Å². The number of halogens is 1. The van der Waals surface area contributed by atoms with Gasteiger partial charge >= 0.3 is 0 Å². The smallest absolute Gasteiger partial charge is 0.277 e. The van der Waals surface area contributed by atoms with E-state index in [2.05, 4.69) is 31.6 Å². The lowest BCUT2D eigenvalue weighted by Crippen LogP contribution is -2.13. The molecule has 0 radical (unpaired) electrons. The fourth-order valence-electron chi connectivity index (χ4n) is 2.20. The number of carbonyl (C=O) groups excluding carboxylic acids is 1. The van der Waals surface area contributed by atoms with E-state index in [1.54, 1.807) is 6.07 Å². The molecule has 0 aliphatic heterocycles. The molecule has 0 saturated carbocycles. The van der Waals surface area contributed by atoms with E-state index in [-0.39, 0.29) is 18.1 Å². The second kappa shape index (κ2) is 7.37. The highest BCUT2D eigenvalue weighted by atomic mass is 79.9. The van der Waals surface area contributed by atoms with E-state index in [1.807, 2.05) is 48.5 Å². The van der Waals surface area contributed by atoms with Crippen molar-refractivity contribution in [2.24, 2.45) is 0 Å². The van der Waals surface area contributed by atoms with Crippen LogP contribution >= 0.6 is 15.9 Å². The number of aromatic nitrogens is 3. The summed E-state index contributed by atoms with van der Waals surface area (Å²) in [5.41, 5.74) is 1.62. The maximum absolute atomic E-state index is 12.2. The molecular formula is C17H15BrN4O2. The number of para-hydroxylation sites is 1. The molecule has 6 nitrogen and oxygen atoms in total. The first-order valence-corrected chi connectivity index (χ1v) is 8.12. The largest absolute Gasteiger partial charge is 0.386 e. The first-order valence-electron chi connectivity index (χ1n) is 7.32. The highest BCUT2D eigenvalue weighted by Gasteiger charge is 2.14. The maximum Gasteiger partial charge on any atom is 0.277 e. The van der Waals surface area contributed by atoms with Gasteiger partial charge in [-0.1, -0.05) is 47.7 Å². The van der Waals surface area contributed by atoms with E-state index in [0.717, 1.165) is 10.0 Å². The van der Waals surface area contributed by atoms with Crippen LogP contribution in [0.25, 0.3) is 0 Å². The first kappa shape index (κ1) is 16.4. The average Bonchev–Trinajstić information content (AvgIpc) is 3.06. The van der Waals surface area contributed by atoms with Gasteiger partial charge in [0.15, 0.2) is 5.69 Å². The molecule has 0 aliphatic rings. The third-order valence-electron chi connectivity index (χ3n) is 3.44. The number of anilines is 1. The lowest BCUT2D eigenvalue weighted by molar-refractivity contribution is 0.102. The Morgan fingerprint density at radius 1 is 1.17 bits per heavy atom. The molecule has 3 aromatic rings. The summed E-state index contributed by atoms with van der Waals surface area (Å²) in [6.07, 6.45) is 0.797. The summed E-state index contributed by atoms with van der Waals surface area (Å²) < 4.78 is 2.23. The van der Waals surface area contributed by atoms with Crippen LogP contribution in [0, 0.1) is 0 Å². The van der Waals surface area contributed by atoms with Gasteiger partial charge in [-0.15, -0.1) is 5.10 Å². The number of nitrogens with zero attached hydrogens (tertiary/aromatic N) is 3. The van der Waals surface area contributed by atoms with Crippen LogP contribution in [0.15, 0.2) is 65.3 Å². The maximum atomic E-state index is 12.2. The molecule has 0 saturated heterocycles. The van der Waals surface area contributed by atoms with Crippen molar-refractivity contribution < 1.29 is 9.90 Å². The Bertz CT molecular complexity index is 835. The van der Waals surface area contributed by atoms with Crippen molar-refractivity contribution in [2.75, 3.05) is 5.32 Å². The fraction of sp³-hybridized carbons (Fsp3) is 0.118. The summed E-state index contributed by atoms with van der Waals surface area (Å²) in [6.45, 7) is 0.222. The Balaban J connectivity index is 1.67. The Morgan fingerprint density at radius 3 is 2.62 bits per heavy atom. The van der Waals surface area contributed by atoms with Crippen LogP contribution in [-0.2, 0) is 6.54 Å². The van der Waals surface area contributed by atoms with Crippen LogP contribution in [0.2, 0.25) is 0 Å². The molecule has 0 aliphatic carbocycles. The van der Waals surface area contributed by atoms with Gasteiger partial charge in [-0.25, -0.2) is 4.68 Å². The van der Waals surface area contributed by atoms with Gasteiger partial charge in [0.1, 0.15) is 0 Å². The molecule has 2 N–H and O–H groups in total. The SMILES string of the molecule is O=C(Nc1ccccc1Br)c1cn(CC(O)c2ccccc2)nn1. The molecule has 0 fully saturated rings. The Hall–Kier alpha value is -2.51. The highest BCUT2D eigenvalue weighted by Crippen LogP contribution is 2.21. The Kier molecular flexibility index (Phi) is 5.02. The summed E-state index contributed by atoms with van der Waals surface area (Å²) in [6, 6.07) is 16.6. The topological polar surface area (TPSA) is 80.0 Å². The Labute approximate surface area is 147 Å². The van der Waals surface area contributed by atoms with Crippen LogP contribution in [-0.4, -0.2) is 26.0 Å². The number of aliphatic hydroxyl groups is 1. The summed E-state index contributed by atoms with van der Waals surface area (Å²) in [4.78, 5) is 12.2. The summed E-state index contributed by atoms with van der Waals surface area (Å²) >= 11 is 3.37. The van der Waals surface area contributed by atoms with Gasteiger partial charge in [0.05, 0.1) is 24.5 Å². The summed E-state index contributed by atoms with van der Waals surface area (Å²) in [5, 5.41) is 20.7. The number of aliphatic hydroxyl groups excluding tert-OH is 1. The molecule has 0 spiro atoms. The minimum Gasteiger partial charge on any atom is -0.386 e. The number of carbonyl (C=O) groups is 1. The minimum absolute atomic E-state index is 0.186. The quantitative estimate of drug-likeness (QED) is 0.706. The van der Waals surface area contributed by atoms with Gasteiger partial charge in [0, 0.05) is 4.47 Å². The van der Waals surface area contributed by atoms with Gasteiger partial charge in [-0.3, -0.25) is 4.79 Å². The number of rotatable bonds is 5. The van der Waals surface area contributed by atoms with Gasteiger partial charge in [-0.2, -0.15) is 0 Å². The van der Waals surface area contributed by atoms with E-state index in [9.17, 15) is 9.90 Å². The van der Waals surface area contributed by atoms with E-state index < -0.39 is 6.10 Å². The fourth-order valence-corrected chi connectivity index (χ4v) is 2.58. The van der Waals surface area contributed by atoms with Crippen LogP contribution in [0.4, 0.5) is 5.69 Å². The molecule has 24 heavy (non-hydrogen) atoms. The second-order valence-electron chi connectivity index (χ2n) is 5.19. The van der Waals surface area contributed by atoms with Gasteiger partial charge in [-0.05, 0) is 33.6 Å². The highest BCUT2D eigenvalue weighted by molar-refractivity contribution is 9.10. The first-order chi connectivity index (χ1) is 11.6. The number of benzene rings is 2. The molecule has 3 rings (SSSR count). The van der Waals surface area contributed by atoms with Crippen molar-refractivity contribution >= 4 is 27.5 Å². The standard InChI is InChI=1S/C17H15BrN4O2/c18-13-8-4-5-9-14(13)19-17(24)15-10-22(21-20-15)11-16(23)12-6-2-1-3-7-12/h1-10,16,23H,11H2,(H,19,24). The number of hydrogen-bond acceptors (Lipinski definition) is 4. The van der Waals surface area contributed by atoms with Gasteiger partial charge < -0.3 is 10.4 Å². The van der Waals surface area contributed by atoms with Crippen molar-refractivity contribution in [3.8, 4) is 0 Å². The average molecular weight is 387 g/mol. The zero-order valence-corrected chi connectivity index (χ0v) is 14.2. The molecule has 1 aromatic heterocycles. The molecule has 1 amide bonds. The Morgan fingerprint density at radius 2 is 1.88 bits per heavy atom. The van der Waals surface area contributed by atoms with Crippen molar-refractivity contribution in [3.05, 3.63) is 76.5 Å². The third-order valence-corrected chi connectivity index (χ3v) is 4.13. The minimum atomic E-state index is -0.716. The normalized spacial score (nSPS) is 11.9. The van der Waals surface area contributed by atoms with E-state index in [1.165, 1.54) is 10.9 Å². The van der Waals surface area contributed by atoms with Crippen molar-refractivity contribution in [2.45, 2.75) is 12.6 Å². The third kappa shape index (κ3) is 3.87. The lowest BCUT2D eigenvalue weighted by Gasteiger charge is -2.09. The predicted molar refractivity (Wildman–Crippen MR) is 93.5 cm³/mol. The lowest BCUT2D eigenvalue weighted by atomic mass is 10.1. The van der Waals surface area contributed by atoms with Crippen LogP contribution in [0.3, 0.4) is 0 Å². The zero-order valence-electron chi connectivity index (χ0n) is 12.6. The molecule has 2 aromatic carbocycles. The molecular weight excluding hydrogens is 372 g/mol. The van der Waals surface area contributed by atoms with Crippen LogP contribution in [0.5, 0.6) is 0 Å². The molecule has 122 valence electrons. The predicted octanol–water partition coefficient (Wildman–Crippen LogP) is 3.03. The zero-order chi connectivity index (χ0) is 16.9. The summed E-state index contributed by atoms with van der Waals surface area (Å²) in [5.74, 6) is -0.359. The van der Waals surface area contributed by atoms with Crippen molar-refractivity contribution in [1.82, 2.24) is 15.0 Å². The molecule has 1 unspecified atom stereocenters. The van der Waals surface area contributed by atoms with E-state index in [4.69, 9.17) is 0 Å². The molecule has 1 heterocycles. The van der Waals surface area contributed by atoms with Gasteiger partial charge in [0.25, 0.3) is 5.91 Å².